The van der Waals surface area contributed by atoms with Gasteiger partial charge in [0, 0.05) is 45.9 Å². The van der Waals surface area contributed by atoms with Crippen LogP contribution in [0, 0.1) is 5.92 Å². The third-order valence-electron chi connectivity index (χ3n) is 6.53. The summed E-state index contributed by atoms with van der Waals surface area (Å²) in [6, 6.07) is 10.4. The Morgan fingerprint density at radius 2 is 1.94 bits per heavy atom. The zero-order valence-corrected chi connectivity index (χ0v) is 22.1. The van der Waals surface area contributed by atoms with Gasteiger partial charge in [0.15, 0.2) is 0 Å². The highest BCUT2D eigenvalue weighted by Gasteiger charge is 2.24. The maximum atomic E-state index is 13.4. The number of amides is 1. The van der Waals surface area contributed by atoms with Crippen molar-refractivity contribution in [3.8, 4) is 22.5 Å². The fourth-order valence-electron chi connectivity index (χ4n) is 4.57. The second kappa shape index (κ2) is 9.99. The molecule has 1 aliphatic rings. The van der Waals surface area contributed by atoms with Crippen molar-refractivity contribution in [1.29, 1.82) is 0 Å². The summed E-state index contributed by atoms with van der Waals surface area (Å²) in [6.45, 7) is 1.91. The maximum Gasteiger partial charge on any atom is 0.254 e. The van der Waals surface area contributed by atoms with Crippen LogP contribution in [-0.2, 0) is 11.8 Å². The Bertz CT molecular complexity index is 1510. The van der Waals surface area contributed by atoms with Crippen LogP contribution in [0.5, 0.6) is 0 Å². The summed E-state index contributed by atoms with van der Waals surface area (Å²) in [5.74, 6) is -0.243. The number of hydrogen-bond acceptors (Lipinski definition) is 5. The molecule has 4 aromatic rings. The number of carbonyl (C=O) groups excluding carboxylic acids is 1. The molecule has 2 bridgehead atoms. The van der Waals surface area contributed by atoms with Crippen molar-refractivity contribution in [2.45, 2.75) is 32.2 Å². The van der Waals surface area contributed by atoms with Gasteiger partial charge in [-0.3, -0.25) is 23.8 Å². The number of fused-ring (bicyclic) bond motifs is 4. The van der Waals surface area contributed by atoms with Gasteiger partial charge in [-0.05, 0) is 43.2 Å². The van der Waals surface area contributed by atoms with E-state index in [4.69, 9.17) is 11.6 Å². The van der Waals surface area contributed by atoms with Gasteiger partial charge in [0.25, 0.3) is 5.56 Å². The van der Waals surface area contributed by atoms with Gasteiger partial charge in [-0.25, -0.2) is 4.98 Å². The summed E-state index contributed by atoms with van der Waals surface area (Å²) < 4.78 is 4.15. The largest absolute Gasteiger partial charge is 0.323 e. The molecule has 3 aromatic heterocycles. The maximum absolute atomic E-state index is 13.4. The van der Waals surface area contributed by atoms with E-state index in [1.54, 1.807) is 40.1 Å². The number of aromatic nitrogens is 5. The van der Waals surface area contributed by atoms with E-state index in [1.165, 1.54) is 6.07 Å². The minimum atomic E-state index is -0.340. The van der Waals surface area contributed by atoms with E-state index >= 15 is 0 Å². The Labute approximate surface area is 221 Å². The molecule has 36 heavy (non-hydrogen) atoms. The number of aryl methyl sites for hydroxylation is 1. The van der Waals surface area contributed by atoms with Gasteiger partial charge in [-0.15, -0.1) is 0 Å². The molecule has 0 saturated carbocycles. The molecular formula is C26H24BrClN6O2. The first-order valence-electron chi connectivity index (χ1n) is 11.6. The minimum Gasteiger partial charge on any atom is -0.323 e. The molecule has 0 radical (unpaired) electrons. The first kappa shape index (κ1) is 24.4. The third kappa shape index (κ3) is 4.73. The van der Waals surface area contributed by atoms with Crippen molar-refractivity contribution in [3.05, 3.63) is 80.7 Å². The van der Waals surface area contributed by atoms with Crippen molar-refractivity contribution < 1.29 is 4.79 Å². The Morgan fingerprint density at radius 3 is 2.75 bits per heavy atom. The standard InChI is InChI=1S/C26H24BrClN6O2/c1-15-4-3-5-23(34-14-30-20(12-24(34)35)18-11-17(28)6-7-19(18)27)21-10-16(8-9-29-21)25-22(32-26(15)36)13-31-33(25)2/h6-15,23H,3-5H2,1-2H3,(H,32,36)/t15-,23+/m1/s1. The van der Waals surface area contributed by atoms with Crippen molar-refractivity contribution in [1.82, 2.24) is 24.3 Å². The molecular weight excluding hydrogens is 544 g/mol. The van der Waals surface area contributed by atoms with Gasteiger partial charge in [-0.2, -0.15) is 5.10 Å². The molecule has 8 nitrogen and oxygen atoms in total. The fourth-order valence-corrected chi connectivity index (χ4v) is 5.19. The van der Waals surface area contributed by atoms with Crippen LogP contribution in [0.3, 0.4) is 0 Å². The Hall–Kier alpha value is -3.30. The van der Waals surface area contributed by atoms with Crippen LogP contribution in [0.15, 0.2) is 64.4 Å². The number of halogens is 2. The van der Waals surface area contributed by atoms with Crippen LogP contribution >= 0.6 is 27.5 Å². The molecule has 1 aromatic carbocycles. The highest BCUT2D eigenvalue weighted by atomic mass is 79.9. The molecule has 1 aliphatic heterocycles. The lowest BCUT2D eigenvalue weighted by atomic mass is 9.97. The Kier molecular flexibility index (Phi) is 6.77. The number of nitrogens with zero attached hydrogens (tertiary/aromatic N) is 5. The van der Waals surface area contributed by atoms with Crippen molar-refractivity contribution in [2.24, 2.45) is 13.0 Å². The van der Waals surface area contributed by atoms with Crippen LogP contribution in [0.2, 0.25) is 5.02 Å². The van der Waals surface area contributed by atoms with E-state index < -0.39 is 0 Å². The summed E-state index contributed by atoms with van der Waals surface area (Å²) in [4.78, 5) is 35.4. The highest BCUT2D eigenvalue weighted by molar-refractivity contribution is 9.10. The number of nitrogens with one attached hydrogen (secondary N) is 1. The van der Waals surface area contributed by atoms with Gasteiger partial charge >= 0.3 is 0 Å². The van der Waals surface area contributed by atoms with Crippen LogP contribution in [0.1, 0.15) is 37.9 Å². The Morgan fingerprint density at radius 1 is 1.11 bits per heavy atom. The number of rotatable bonds is 2. The topological polar surface area (TPSA) is 94.7 Å². The van der Waals surface area contributed by atoms with Gasteiger partial charge in [0.05, 0.1) is 41.3 Å². The van der Waals surface area contributed by atoms with E-state index in [0.29, 0.717) is 29.2 Å². The van der Waals surface area contributed by atoms with Gasteiger partial charge in [-0.1, -0.05) is 40.9 Å². The van der Waals surface area contributed by atoms with E-state index in [1.807, 2.05) is 32.2 Å². The number of hydrogen-bond donors (Lipinski definition) is 1. The summed E-state index contributed by atoms with van der Waals surface area (Å²) in [5.41, 5.74) is 4.13. The molecule has 0 fully saturated rings. The van der Waals surface area contributed by atoms with E-state index in [9.17, 15) is 9.59 Å². The fraction of sp³-hybridized carbons (Fsp3) is 0.269. The molecule has 5 rings (SSSR count). The van der Waals surface area contributed by atoms with Crippen LogP contribution < -0.4 is 10.9 Å². The lowest BCUT2D eigenvalue weighted by molar-refractivity contribution is -0.119. The van der Waals surface area contributed by atoms with Gasteiger partial charge in [0.2, 0.25) is 5.91 Å². The van der Waals surface area contributed by atoms with E-state index in [-0.39, 0.29) is 23.4 Å². The zero-order chi connectivity index (χ0) is 25.4. The average molecular weight is 568 g/mol. The molecule has 2 atom stereocenters. The monoisotopic (exact) mass is 566 g/mol. The van der Waals surface area contributed by atoms with Crippen LogP contribution in [0.4, 0.5) is 5.69 Å². The summed E-state index contributed by atoms with van der Waals surface area (Å²) in [6.07, 6.45) is 6.99. The molecule has 4 heterocycles. The van der Waals surface area contributed by atoms with Crippen molar-refractivity contribution in [3.63, 3.8) is 0 Å². The molecule has 0 saturated heterocycles. The molecule has 0 spiro atoms. The van der Waals surface area contributed by atoms with Crippen LogP contribution in [0.25, 0.3) is 22.5 Å². The molecule has 184 valence electrons. The normalized spacial score (nSPS) is 18.1. The van der Waals surface area contributed by atoms with Gasteiger partial charge < -0.3 is 5.32 Å². The predicted molar refractivity (Wildman–Crippen MR) is 143 cm³/mol. The summed E-state index contributed by atoms with van der Waals surface area (Å²) >= 11 is 9.69. The molecule has 0 aliphatic carbocycles. The summed E-state index contributed by atoms with van der Waals surface area (Å²) in [7, 11) is 1.83. The lowest BCUT2D eigenvalue weighted by Crippen LogP contribution is -2.27. The number of benzene rings is 1. The first-order chi connectivity index (χ1) is 17.3. The molecule has 1 amide bonds. The Balaban J connectivity index is 1.60. The SMILES string of the molecule is C[C@@H]1CCC[C@H](n2cnc(-c3cc(Cl)ccc3Br)cc2=O)c2cc(ccn2)-c2c(cnn2C)NC1=O. The second-order valence-electron chi connectivity index (χ2n) is 8.98. The first-order valence-corrected chi connectivity index (χ1v) is 12.8. The van der Waals surface area contributed by atoms with Crippen LogP contribution in [-0.4, -0.2) is 30.2 Å². The predicted octanol–water partition coefficient (Wildman–Crippen LogP) is 5.47. The second-order valence-corrected chi connectivity index (χ2v) is 10.3. The smallest absolute Gasteiger partial charge is 0.254 e. The lowest BCUT2D eigenvalue weighted by Gasteiger charge is -2.22. The number of pyridine rings is 1. The van der Waals surface area contributed by atoms with E-state index in [2.05, 4.69) is 36.3 Å². The number of anilines is 1. The quantitative estimate of drug-likeness (QED) is 0.347. The highest BCUT2D eigenvalue weighted by Crippen LogP contribution is 2.33. The average Bonchev–Trinajstić information content (AvgIpc) is 3.22. The van der Waals surface area contributed by atoms with Gasteiger partial charge in [0.1, 0.15) is 0 Å². The third-order valence-corrected chi connectivity index (χ3v) is 7.46. The molecule has 10 heteroatoms. The number of carbonyl (C=O) groups is 1. The minimum absolute atomic E-state index is 0.0501. The summed E-state index contributed by atoms with van der Waals surface area (Å²) in [5, 5.41) is 7.93. The van der Waals surface area contributed by atoms with Crippen molar-refractivity contribution >= 4 is 39.1 Å². The molecule has 0 unspecified atom stereocenters. The molecule has 1 N–H and O–H groups in total. The van der Waals surface area contributed by atoms with Crippen molar-refractivity contribution in [2.75, 3.05) is 5.32 Å². The van der Waals surface area contributed by atoms with E-state index in [0.717, 1.165) is 33.4 Å². The zero-order valence-electron chi connectivity index (χ0n) is 19.8.